The summed E-state index contributed by atoms with van der Waals surface area (Å²) in [6, 6.07) is 18.4. The van der Waals surface area contributed by atoms with E-state index in [1.807, 2.05) is 7.05 Å². The Labute approximate surface area is 277 Å². The van der Waals surface area contributed by atoms with Gasteiger partial charge in [0.05, 0.1) is 0 Å². The minimum atomic E-state index is 1.13. The fraction of sp³-hybridized carbons (Fsp3) is 0.409. The summed E-state index contributed by atoms with van der Waals surface area (Å²) in [5.41, 5.74) is 21.4. The number of hydrogen-bond acceptors (Lipinski definition) is 2. The number of benzene rings is 3. The Morgan fingerprint density at radius 3 is 2.28 bits per heavy atom. The number of nitrogens with zero attached hydrogens (tertiary/aromatic N) is 1. The Morgan fingerprint density at radius 2 is 1.50 bits per heavy atom. The zero-order valence-electron chi connectivity index (χ0n) is 28.9. The number of hydrogen-bond donors (Lipinski definition) is 1. The highest BCUT2D eigenvalue weighted by Crippen LogP contribution is 2.59. The molecular formula is C44H52N2. The van der Waals surface area contributed by atoms with Crippen LogP contribution in [0.25, 0.3) is 44.7 Å². The second-order valence-corrected chi connectivity index (χ2v) is 13.9. The summed E-state index contributed by atoms with van der Waals surface area (Å²) >= 11 is 0. The maximum Gasteiger partial charge on any atom is 0.0213 e. The molecule has 0 heterocycles. The Morgan fingerprint density at radius 1 is 0.717 bits per heavy atom. The quantitative estimate of drug-likeness (QED) is 0.243. The lowest BCUT2D eigenvalue weighted by Crippen LogP contribution is -2.37. The molecule has 238 valence electrons. The number of rotatable bonds is 9. The summed E-state index contributed by atoms with van der Waals surface area (Å²) in [6.45, 7) is 9.27. The van der Waals surface area contributed by atoms with Crippen LogP contribution in [0.3, 0.4) is 0 Å². The largest absolute Gasteiger partial charge is 0.377 e. The summed E-state index contributed by atoms with van der Waals surface area (Å²) < 4.78 is 0. The minimum absolute atomic E-state index is 1.13. The van der Waals surface area contributed by atoms with Crippen molar-refractivity contribution in [2.24, 2.45) is 0 Å². The van der Waals surface area contributed by atoms with E-state index in [9.17, 15) is 0 Å². The minimum Gasteiger partial charge on any atom is -0.377 e. The van der Waals surface area contributed by atoms with Gasteiger partial charge in [-0.25, -0.2) is 0 Å². The van der Waals surface area contributed by atoms with Crippen LogP contribution in [-0.2, 0) is 0 Å². The van der Waals surface area contributed by atoms with Gasteiger partial charge < -0.3 is 10.2 Å². The van der Waals surface area contributed by atoms with Gasteiger partial charge in [-0.2, -0.15) is 0 Å². The number of fused-ring (bicyclic) bond motifs is 6. The van der Waals surface area contributed by atoms with E-state index in [4.69, 9.17) is 0 Å². The first-order chi connectivity index (χ1) is 22.6. The van der Waals surface area contributed by atoms with Crippen LogP contribution in [0.15, 0.2) is 71.8 Å². The van der Waals surface area contributed by atoms with Crippen molar-refractivity contribution in [2.75, 3.05) is 27.2 Å². The van der Waals surface area contributed by atoms with Gasteiger partial charge in [0.15, 0.2) is 0 Å². The average molecular weight is 609 g/mol. The Hall–Kier alpha value is -3.62. The molecule has 2 nitrogen and oxygen atoms in total. The molecule has 1 N–H and O–H groups in total. The number of unbranched alkanes of at least 4 members (excludes halogenated alkanes) is 3. The van der Waals surface area contributed by atoms with E-state index in [0.717, 1.165) is 25.8 Å². The molecule has 3 aromatic rings. The van der Waals surface area contributed by atoms with Crippen LogP contribution in [0.5, 0.6) is 0 Å². The third-order valence-electron chi connectivity index (χ3n) is 11.0. The van der Waals surface area contributed by atoms with E-state index in [-0.39, 0.29) is 0 Å². The monoisotopic (exact) mass is 608 g/mol. The van der Waals surface area contributed by atoms with Gasteiger partial charge in [0.2, 0.25) is 0 Å². The van der Waals surface area contributed by atoms with Gasteiger partial charge >= 0.3 is 0 Å². The van der Waals surface area contributed by atoms with Crippen molar-refractivity contribution in [1.29, 1.82) is 0 Å². The van der Waals surface area contributed by atoms with Crippen molar-refractivity contribution < 1.29 is 0 Å². The first-order valence-corrected chi connectivity index (χ1v) is 18.2. The summed E-state index contributed by atoms with van der Waals surface area (Å²) in [6.07, 6.45) is 18.6. The lowest BCUT2D eigenvalue weighted by atomic mass is 9.80. The molecule has 0 spiro atoms. The standard InChI is InChI=1S/C38H37N.C6H15N/c1-4-5-22-39(3)31-21-20-30-33-23(2)32-27-17-9-14-24-15-10-18-28(34(24)27)37(32)35(25-12-7-6-8-13-25)38(33)29-19-11-16-26(31)36(29)30;1-3-4-5-6-7-2/h6-8,11-14,16,18-19H,4-5,9-10,15,17,20-22H2,1-3H3;7H,3-6H2,1-2H3. The molecule has 0 amide bonds. The van der Waals surface area contributed by atoms with E-state index in [1.54, 1.807) is 33.4 Å². The maximum absolute atomic E-state index is 3.10. The molecule has 0 fully saturated rings. The second-order valence-electron chi connectivity index (χ2n) is 13.9. The molecule has 3 aromatic carbocycles. The van der Waals surface area contributed by atoms with Crippen LogP contribution in [0.1, 0.15) is 107 Å². The van der Waals surface area contributed by atoms with Crippen LogP contribution in [0.4, 0.5) is 0 Å². The van der Waals surface area contributed by atoms with Gasteiger partial charge in [0.25, 0.3) is 0 Å². The molecule has 0 saturated carbocycles. The number of allylic oxidation sites excluding steroid dienone is 6. The van der Waals surface area contributed by atoms with Crippen molar-refractivity contribution in [3.8, 4) is 22.3 Å². The zero-order chi connectivity index (χ0) is 31.8. The molecule has 0 atom stereocenters. The molecule has 0 radical (unpaired) electrons. The first kappa shape index (κ1) is 31.0. The van der Waals surface area contributed by atoms with Crippen LogP contribution in [-0.4, -0.2) is 32.1 Å². The second kappa shape index (κ2) is 13.2. The highest BCUT2D eigenvalue weighted by molar-refractivity contribution is 6.14. The summed E-state index contributed by atoms with van der Waals surface area (Å²) in [5, 5.41) is 6.10. The molecule has 0 aromatic heterocycles. The lowest BCUT2D eigenvalue weighted by molar-refractivity contribution is 0.445. The van der Waals surface area contributed by atoms with Crippen LogP contribution in [0, 0.1) is 6.92 Å². The van der Waals surface area contributed by atoms with Gasteiger partial charge in [-0.15, -0.1) is 0 Å². The van der Waals surface area contributed by atoms with Gasteiger partial charge in [0.1, 0.15) is 0 Å². The van der Waals surface area contributed by atoms with Crippen molar-refractivity contribution in [1.82, 2.24) is 10.2 Å². The molecule has 0 saturated heterocycles. The third-order valence-corrected chi connectivity index (χ3v) is 11.0. The van der Waals surface area contributed by atoms with E-state index in [1.165, 1.54) is 113 Å². The van der Waals surface area contributed by atoms with Crippen LogP contribution >= 0.6 is 0 Å². The summed E-state index contributed by atoms with van der Waals surface area (Å²) in [5.74, 6) is 0. The first-order valence-electron chi connectivity index (χ1n) is 18.2. The van der Waals surface area contributed by atoms with E-state index in [2.05, 4.69) is 98.7 Å². The van der Waals surface area contributed by atoms with Crippen LogP contribution in [0.2, 0.25) is 0 Å². The van der Waals surface area contributed by atoms with Crippen LogP contribution < -0.4 is 15.8 Å². The fourth-order valence-corrected chi connectivity index (χ4v) is 8.94. The van der Waals surface area contributed by atoms with Gasteiger partial charge in [-0.05, 0) is 149 Å². The predicted octanol–water partition coefficient (Wildman–Crippen LogP) is 9.54. The Kier molecular flexibility index (Phi) is 8.93. The molecule has 46 heavy (non-hydrogen) atoms. The summed E-state index contributed by atoms with van der Waals surface area (Å²) in [4.78, 5) is 2.55. The lowest BCUT2D eigenvalue weighted by Gasteiger charge is -2.26. The zero-order valence-corrected chi connectivity index (χ0v) is 28.9. The Bertz CT molecular complexity index is 1880. The third kappa shape index (κ3) is 5.05. The smallest absolute Gasteiger partial charge is 0.0213 e. The maximum atomic E-state index is 3.10. The van der Waals surface area contributed by atoms with Crippen molar-refractivity contribution in [2.45, 2.75) is 91.4 Å². The van der Waals surface area contributed by atoms with Gasteiger partial charge in [-0.3, -0.25) is 0 Å². The number of nitrogens with one attached hydrogen (secondary N) is 1. The molecule has 0 aliphatic heterocycles. The molecule has 0 unspecified atom stereocenters. The van der Waals surface area contributed by atoms with E-state index in [0.29, 0.717) is 0 Å². The fourth-order valence-electron chi connectivity index (χ4n) is 8.94. The molecular weight excluding hydrogens is 556 g/mol. The molecule has 8 rings (SSSR count). The van der Waals surface area contributed by atoms with Gasteiger partial charge in [-0.1, -0.05) is 93.8 Å². The van der Waals surface area contributed by atoms with E-state index >= 15 is 0 Å². The molecule has 0 bridgehead atoms. The Balaban J connectivity index is 0.000000437. The average Bonchev–Trinajstić information content (AvgIpc) is 3.61. The predicted molar refractivity (Wildman–Crippen MR) is 199 cm³/mol. The molecule has 2 heteroatoms. The molecule has 5 aliphatic rings. The van der Waals surface area contributed by atoms with Crippen molar-refractivity contribution in [3.05, 3.63) is 105 Å². The summed E-state index contributed by atoms with van der Waals surface area (Å²) in [7, 11) is 4.31. The highest BCUT2D eigenvalue weighted by atomic mass is 15.1. The van der Waals surface area contributed by atoms with Crippen molar-refractivity contribution >= 4 is 22.4 Å². The van der Waals surface area contributed by atoms with Gasteiger partial charge in [0, 0.05) is 24.5 Å². The SMILES string of the molecule is CCCCCNC.CCCCN(C)C1=c2cccc3c2=C(CC1)c1c(C)c2c(c(-c4ccccc4)c1-3)C1=CCCC3=CCCC2=C31. The van der Waals surface area contributed by atoms with E-state index < -0.39 is 0 Å². The topological polar surface area (TPSA) is 15.3 Å². The normalized spacial score (nSPS) is 16.6. The molecule has 5 aliphatic carbocycles. The van der Waals surface area contributed by atoms with Crippen molar-refractivity contribution in [3.63, 3.8) is 0 Å². The highest BCUT2D eigenvalue weighted by Gasteiger charge is 2.39.